The first-order chi connectivity index (χ1) is 60.1. The van der Waals surface area contributed by atoms with Crippen molar-refractivity contribution in [2.75, 3.05) is 122 Å². The first-order valence-corrected chi connectivity index (χ1v) is 44.6. The predicted molar refractivity (Wildman–Crippen MR) is 510 cm³/mol. The summed E-state index contributed by atoms with van der Waals surface area (Å²) in [6.45, 7) is 25.0. The zero-order valence-electron chi connectivity index (χ0n) is 71.0. The Balaban J connectivity index is 0.000000178. The van der Waals surface area contributed by atoms with Crippen LogP contribution in [0.5, 0.6) is 28.7 Å². The number of nitrogens with one attached hydrogen (secondary N) is 1. The summed E-state index contributed by atoms with van der Waals surface area (Å²) in [6.07, 6.45) is 9.14. The van der Waals surface area contributed by atoms with Gasteiger partial charge in [0.2, 0.25) is 0 Å². The number of carbonyl (C=O) groups is 3. The van der Waals surface area contributed by atoms with Crippen LogP contribution in [0, 0.1) is 34.6 Å². The van der Waals surface area contributed by atoms with Gasteiger partial charge in [0.05, 0.1) is 88.9 Å². The molecule has 13 aromatic rings. The van der Waals surface area contributed by atoms with E-state index >= 15 is 0 Å². The van der Waals surface area contributed by atoms with E-state index in [2.05, 4.69) is 118 Å². The van der Waals surface area contributed by atoms with Crippen LogP contribution in [0.1, 0.15) is 72.7 Å². The summed E-state index contributed by atoms with van der Waals surface area (Å²) < 4.78 is 45.4. The summed E-state index contributed by atoms with van der Waals surface area (Å²) in [5, 5.41) is 41.0. The number of nitrogen functional groups attached to an aromatic ring is 1. The molecule has 2 fully saturated rings. The monoisotopic (exact) mass is 1910 g/mol. The Labute approximate surface area is 769 Å². The fourth-order valence-electron chi connectivity index (χ4n) is 13.8. The van der Waals surface area contributed by atoms with Crippen molar-refractivity contribution in [1.29, 1.82) is 0 Å². The van der Waals surface area contributed by atoms with Gasteiger partial charge in [-0.3, -0.25) is 34.7 Å². The van der Waals surface area contributed by atoms with Crippen LogP contribution in [-0.2, 0) is 8.26 Å². The number of carboxylic acid groups (broad SMARTS) is 2. The zero-order chi connectivity index (χ0) is 91.8. The van der Waals surface area contributed by atoms with Crippen LogP contribution in [0.15, 0.2) is 193 Å². The highest BCUT2D eigenvalue weighted by molar-refractivity contribution is 9.10. The Morgan fingerprint density at radius 2 is 0.810 bits per heavy atom. The second kappa shape index (κ2) is 46.5. The number of carboxylic acids is 2. The third kappa shape index (κ3) is 26.6. The highest BCUT2D eigenvalue weighted by Gasteiger charge is 2.26. The predicted octanol–water partition coefficient (Wildman–Crippen LogP) is 18.8. The molecule has 0 radical (unpaired) electrons. The van der Waals surface area contributed by atoms with Crippen LogP contribution in [0.3, 0.4) is 0 Å². The summed E-state index contributed by atoms with van der Waals surface area (Å²) in [6, 6.07) is 46.5. The van der Waals surface area contributed by atoms with Crippen molar-refractivity contribution >= 4 is 178 Å². The van der Waals surface area contributed by atoms with Gasteiger partial charge in [-0.05, 0) is 208 Å². The number of hydrogen-bond donors (Lipinski definition) is 6. The Kier molecular flexibility index (Phi) is 36.5. The average molecular weight is 1920 g/mol. The highest BCUT2D eigenvalue weighted by atomic mass is 79.9. The van der Waals surface area contributed by atoms with Crippen molar-refractivity contribution in [3.05, 3.63) is 258 Å². The van der Waals surface area contributed by atoms with Gasteiger partial charge in [0, 0.05) is 166 Å². The number of piperazine rings is 2. The Morgan fingerprint density at radius 1 is 0.452 bits per heavy atom. The minimum absolute atomic E-state index is 0.0636. The number of benzene rings is 10. The third-order valence-corrected chi connectivity index (χ3v) is 22.3. The van der Waals surface area contributed by atoms with Gasteiger partial charge in [-0.2, -0.15) is 8.42 Å². The number of fused-ring (bicyclic) bond motifs is 3. The van der Waals surface area contributed by atoms with Gasteiger partial charge in [-0.25, -0.2) is 9.59 Å². The van der Waals surface area contributed by atoms with Crippen LogP contribution in [0.25, 0.3) is 66.5 Å². The van der Waals surface area contributed by atoms with Crippen LogP contribution >= 0.6 is 83.7 Å². The van der Waals surface area contributed by atoms with Crippen LogP contribution in [0.4, 0.5) is 22.7 Å². The normalized spacial score (nSPS) is 12.5. The standard InChI is InChI=1S/C29H29Cl2N5O2.C17H12Cl2N2O3.C17H14N2O3.C12H19N3.C8H11BO3.C8H9BrO.Cl2O2S/c1-4-35-13-15-36(16-14-35)20-7-5-19(6-8-20)34-29(37)22-10-9-21(27-28(22)33-12-11-32-27)24-25(30)18(2)17-23(38-3)26(24)31;1-8-7-11(24-2)14(19)12(13(8)18)9-3-4-10(17(22)23)16-15(9)20-5-6-21-16;1-10-7-11(9-12(8-10)22-2)13-3-4-14(17(20)21)16-15(13)18-5-6-19-16;1-2-14-7-9-15(10-8-14)12-5-3-11(13)4-6-12;1-6-3-7(9(10)11)5-8(4-6)12-2;1-6-3-7(9)5-8(4-6)10-2;1-5(2,3)4/h5-12,17H,4,13-16H2,1-3H3,(H,34,37);3-7H,1-2H3,(H,22,23);3-9H,1-2H3,(H,20,21);3-6H,2,7-10,13H2,1H3;3-5,10-11H,1-2H3;3-5H,1-2H3;. The summed E-state index contributed by atoms with van der Waals surface area (Å²) in [7, 11) is 11.3. The van der Waals surface area contributed by atoms with Gasteiger partial charge < -0.3 is 74.6 Å². The molecule has 0 aliphatic carbocycles. The van der Waals surface area contributed by atoms with E-state index in [-0.39, 0.29) is 22.6 Å². The van der Waals surface area contributed by atoms with E-state index in [1.807, 2.05) is 113 Å². The molecule has 2 saturated heterocycles. The number of nitrogens with zero attached hydrogens (tertiary/aromatic N) is 10. The molecule has 15 rings (SSSR count). The first kappa shape index (κ1) is 98.9. The number of rotatable bonds is 17. The number of methoxy groups -OCH3 is 5. The number of hydrogen-bond acceptors (Lipinski definition) is 23. The molecule has 1 amide bonds. The number of halogens is 7. The summed E-state index contributed by atoms with van der Waals surface area (Å²) in [4.78, 5) is 71.8. The van der Waals surface area contributed by atoms with Gasteiger partial charge >= 0.3 is 27.3 Å². The number of aromatic nitrogens is 6. The van der Waals surface area contributed by atoms with E-state index in [1.54, 1.807) is 102 Å². The number of amides is 1. The van der Waals surface area contributed by atoms with E-state index in [0.717, 1.165) is 113 Å². The molecule has 10 aromatic carbocycles. The van der Waals surface area contributed by atoms with Crippen LogP contribution < -0.4 is 50.0 Å². The number of likely N-dealkylation sites (N-methyl/N-ethyl adjacent to an activating group) is 2. The number of carbonyl (C=O) groups excluding carboxylic acids is 1. The van der Waals surface area contributed by atoms with Crippen LogP contribution in [-0.4, -0.2) is 194 Å². The Hall–Kier alpha value is -10.9. The molecule has 7 N–H and O–H groups in total. The lowest BCUT2D eigenvalue weighted by Crippen LogP contribution is -2.46. The number of ether oxygens (including phenoxy) is 5. The topological polar surface area (TPSA) is 341 Å². The van der Waals surface area contributed by atoms with Crippen molar-refractivity contribution in [3.8, 4) is 62.1 Å². The minimum atomic E-state index is -3.72. The molecule has 35 heteroatoms. The fourth-order valence-corrected chi connectivity index (χ4v) is 15.6. The molecule has 0 bridgehead atoms. The molecular formula is C91H94BBrCl6N12O14S. The van der Waals surface area contributed by atoms with Crippen molar-refractivity contribution in [2.45, 2.75) is 48.5 Å². The second-order valence-electron chi connectivity index (χ2n) is 28.5. The summed E-state index contributed by atoms with van der Waals surface area (Å²) in [5.41, 5.74) is 22.3. The number of aryl methyl sites for hydroxylation is 5. The van der Waals surface area contributed by atoms with Crippen molar-refractivity contribution in [3.63, 3.8) is 0 Å². The lowest BCUT2D eigenvalue weighted by molar-refractivity contribution is 0.0688. The van der Waals surface area contributed by atoms with Crippen LogP contribution in [0.2, 0.25) is 20.1 Å². The molecule has 0 unspecified atom stereocenters. The molecule has 0 atom stereocenters. The molecular weight excluding hydrogens is 1820 g/mol. The molecule has 0 spiro atoms. The molecule has 2 aliphatic heterocycles. The maximum Gasteiger partial charge on any atom is 0.488 e. The number of nitrogens with two attached hydrogens (primary N) is 1. The smallest absolute Gasteiger partial charge is 0.488 e. The largest absolute Gasteiger partial charge is 0.497 e. The van der Waals surface area contributed by atoms with E-state index in [1.165, 1.54) is 56.1 Å². The van der Waals surface area contributed by atoms with Crippen molar-refractivity contribution < 1.29 is 66.7 Å². The van der Waals surface area contributed by atoms with E-state index < -0.39 is 27.3 Å². The highest BCUT2D eigenvalue weighted by Crippen LogP contribution is 2.47. The van der Waals surface area contributed by atoms with Gasteiger partial charge in [-0.1, -0.05) is 107 Å². The van der Waals surface area contributed by atoms with E-state index in [9.17, 15) is 24.6 Å². The average Bonchev–Trinajstić information content (AvgIpc) is 0.766. The SMILES string of the molecule is CCN1CCN(c2ccc(N)cc2)CC1.CCN1CCN(c2ccc(NC(=O)c3ccc(-c4c(Cl)c(C)cc(OC)c4Cl)c4nccnc34)cc2)CC1.COc1cc(C)c(Cl)c(-c2ccc(C(=O)O)c3nccnc23)c1Cl.COc1cc(C)cc(-c2ccc(C(=O)O)c3nccnc23)c1.COc1cc(C)cc(B(O)O)c1.COc1cc(C)cc(Br)c1.O=S(=O)(Cl)Cl. The quantitative estimate of drug-likeness (QED) is 0.0280. The molecule has 2 aliphatic rings. The minimum Gasteiger partial charge on any atom is -0.497 e. The molecule has 26 nitrogen and oxygen atoms in total. The van der Waals surface area contributed by atoms with Crippen molar-refractivity contribution in [2.24, 2.45) is 0 Å². The third-order valence-electron chi connectivity index (χ3n) is 20.1. The maximum absolute atomic E-state index is 13.4. The zero-order valence-corrected chi connectivity index (χ0v) is 78.0. The van der Waals surface area contributed by atoms with Gasteiger partial charge in [0.1, 0.15) is 45.3 Å². The maximum atomic E-state index is 13.4. The van der Waals surface area contributed by atoms with Gasteiger partial charge in [0.25, 0.3) is 5.91 Å². The molecule has 126 heavy (non-hydrogen) atoms. The first-order valence-electron chi connectivity index (χ1n) is 39.2. The Bertz CT molecular complexity index is 6100. The van der Waals surface area contributed by atoms with Crippen molar-refractivity contribution in [1.82, 2.24) is 39.7 Å². The summed E-state index contributed by atoms with van der Waals surface area (Å²) >= 11 is 29.6. The fraction of sp³-hybridized carbons (Fsp3) is 0.242. The van der Waals surface area contributed by atoms with Gasteiger partial charge in [0.15, 0.2) is 0 Å². The second-order valence-corrected chi connectivity index (χ2v) is 34.6. The number of aromatic carboxylic acids is 2. The Morgan fingerprint density at radius 3 is 1.20 bits per heavy atom. The molecule has 0 saturated carbocycles. The van der Waals surface area contributed by atoms with E-state index in [0.29, 0.717) is 104 Å². The summed E-state index contributed by atoms with van der Waals surface area (Å²) in [5.74, 6) is 0.903. The van der Waals surface area contributed by atoms with Gasteiger partial charge in [-0.15, -0.1) is 0 Å². The molecule has 3 aromatic heterocycles. The number of anilines is 4. The lowest BCUT2D eigenvalue weighted by Gasteiger charge is -2.35. The molecule has 5 heterocycles. The molecule has 660 valence electrons. The lowest BCUT2D eigenvalue weighted by atomic mass is 9.79. The van der Waals surface area contributed by atoms with E-state index in [4.69, 9.17) is 94.3 Å².